The molecule has 0 radical (unpaired) electrons. The molecule has 1 atom stereocenters. The molecule has 39 heavy (non-hydrogen) atoms. The van der Waals surface area contributed by atoms with E-state index in [1.807, 2.05) is 12.1 Å². The number of nitrogen functional groups attached to an aromatic ring is 1. The van der Waals surface area contributed by atoms with E-state index >= 15 is 0 Å². The summed E-state index contributed by atoms with van der Waals surface area (Å²) in [6, 6.07) is 16.3. The molecule has 8 nitrogen and oxygen atoms in total. The van der Waals surface area contributed by atoms with E-state index in [1.165, 1.54) is 11.7 Å². The van der Waals surface area contributed by atoms with Gasteiger partial charge in [0, 0.05) is 41.5 Å². The molecule has 3 heterocycles. The molecule has 0 fully saturated rings. The lowest BCUT2D eigenvalue weighted by Crippen LogP contribution is -2.25. The molecule has 0 spiro atoms. The van der Waals surface area contributed by atoms with Crippen molar-refractivity contribution in [3.63, 3.8) is 0 Å². The van der Waals surface area contributed by atoms with Gasteiger partial charge in [-0.05, 0) is 35.6 Å². The SMILES string of the molecule is COc1ncc(-c2cccc3cc([C@H](C)Cc4nc(N)ncc4C(F)(F)F)n(-c4ccccc4)c(=O)c23)cn1. The Balaban J connectivity index is 1.72. The van der Waals surface area contributed by atoms with E-state index in [0.29, 0.717) is 39.5 Å². The number of ether oxygens (including phenoxy) is 1. The summed E-state index contributed by atoms with van der Waals surface area (Å²) in [7, 11) is 1.46. The van der Waals surface area contributed by atoms with Crippen LogP contribution in [0, 0.1) is 0 Å². The first kappa shape index (κ1) is 25.8. The highest BCUT2D eigenvalue weighted by Gasteiger charge is 2.35. The molecule has 2 aromatic carbocycles. The minimum absolute atomic E-state index is 0.120. The fourth-order valence-corrected chi connectivity index (χ4v) is 4.61. The summed E-state index contributed by atoms with van der Waals surface area (Å²) >= 11 is 0. The molecule has 0 amide bonds. The number of pyridine rings is 1. The number of alkyl halides is 3. The van der Waals surface area contributed by atoms with Crippen LogP contribution in [0.25, 0.3) is 27.6 Å². The predicted molar refractivity (Wildman–Crippen MR) is 141 cm³/mol. The average molecular weight is 533 g/mol. The van der Waals surface area contributed by atoms with Gasteiger partial charge in [-0.1, -0.05) is 43.3 Å². The Kier molecular flexibility index (Phi) is 6.73. The van der Waals surface area contributed by atoms with Gasteiger partial charge in [0.2, 0.25) is 5.95 Å². The van der Waals surface area contributed by atoms with Crippen LogP contribution in [0.3, 0.4) is 0 Å². The molecule has 0 saturated heterocycles. The van der Waals surface area contributed by atoms with E-state index in [9.17, 15) is 18.0 Å². The third-order valence-corrected chi connectivity index (χ3v) is 6.41. The summed E-state index contributed by atoms with van der Waals surface area (Å²) in [6.45, 7) is 1.75. The van der Waals surface area contributed by atoms with Gasteiger partial charge in [0.05, 0.1) is 23.8 Å². The van der Waals surface area contributed by atoms with Crippen LogP contribution < -0.4 is 16.0 Å². The van der Waals surface area contributed by atoms with Gasteiger partial charge in [0.25, 0.3) is 5.56 Å². The number of methoxy groups -OCH3 is 1. The van der Waals surface area contributed by atoms with E-state index in [0.717, 1.165) is 0 Å². The maximum absolute atomic E-state index is 14.2. The van der Waals surface area contributed by atoms with Crippen LogP contribution in [0.1, 0.15) is 29.8 Å². The molecular formula is C28H23F3N6O2. The summed E-state index contributed by atoms with van der Waals surface area (Å²) in [5.41, 5.74) is 6.44. The smallest absolute Gasteiger partial charge is 0.419 e. The zero-order valence-corrected chi connectivity index (χ0v) is 21.0. The third-order valence-electron chi connectivity index (χ3n) is 6.41. The molecule has 5 rings (SSSR count). The van der Waals surface area contributed by atoms with Gasteiger partial charge in [0.15, 0.2) is 0 Å². The molecule has 2 N–H and O–H groups in total. The van der Waals surface area contributed by atoms with Crippen molar-refractivity contribution >= 4 is 16.7 Å². The van der Waals surface area contributed by atoms with Crippen molar-refractivity contribution in [1.29, 1.82) is 0 Å². The molecule has 0 aliphatic carbocycles. The summed E-state index contributed by atoms with van der Waals surface area (Å²) < 4.78 is 47.7. The molecule has 0 aliphatic rings. The van der Waals surface area contributed by atoms with Crippen LogP contribution in [-0.2, 0) is 12.6 Å². The second-order valence-corrected chi connectivity index (χ2v) is 8.97. The normalized spacial score (nSPS) is 12.4. The minimum Gasteiger partial charge on any atom is -0.467 e. The molecule has 5 aromatic rings. The van der Waals surface area contributed by atoms with Crippen LogP contribution in [-0.4, -0.2) is 31.6 Å². The van der Waals surface area contributed by atoms with Crippen molar-refractivity contribution in [2.75, 3.05) is 12.8 Å². The molecule has 0 bridgehead atoms. The van der Waals surface area contributed by atoms with Gasteiger partial charge in [-0.2, -0.15) is 13.2 Å². The number of rotatable bonds is 6. The first-order chi connectivity index (χ1) is 18.7. The van der Waals surface area contributed by atoms with E-state index < -0.39 is 17.7 Å². The number of hydrogen-bond acceptors (Lipinski definition) is 7. The summed E-state index contributed by atoms with van der Waals surface area (Å²) in [4.78, 5) is 29.9. The lowest BCUT2D eigenvalue weighted by Gasteiger charge is -2.22. The second-order valence-electron chi connectivity index (χ2n) is 8.97. The first-order valence-electron chi connectivity index (χ1n) is 12.0. The molecular weight excluding hydrogens is 509 g/mol. The molecule has 0 saturated carbocycles. The highest BCUT2D eigenvalue weighted by Crippen LogP contribution is 2.35. The number of aromatic nitrogens is 5. The number of nitrogens with zero attached hydrogens (tertiary/aromatic N) is 5. The Morgan fingerprint density at radius 2 is 1.72 bits per heavy atom. The van der Waals surface area contributed by atoms with Gasteiger partial charge in [-0.3, -0.25) is 9.36 Å². The van der Waals surface area contributed by atoms with Crippen LogP contribution in [0.2, 0.25) is 0 Å². The Hall–Kier alpha value is -4.80. The van der Waals surface area contributed by atoms with E-state index in [-0.39, 0.29) is 29.6 Å². The summed E-state index contributed by atoms with van der Waals surface area (Å²) in [5, 5.41) is 1.05. The van der Waals surface area contributed by atoms with Crippen molar-refractivity contribution in [2.45, 2.75) is 25.4 Å². The topological polar surface area (TPSA) is 109 Å². The van der Waals surface area contributed by atoms with Gasteiger partial charge < -0.3 is 10.5 Å². The third kappa shape index (κ3) is 5.02. The fraction of sp³-hybridized carbons (Fsp3) is 0.179. The number of anilines is 1. The number of benzene rings is 2. The molecule has 0 unspecified atom stereocenters. The van der Waals surface area contributed by atoms with Crippen molar-refractivity contribution in [3.05, 3.63) is 100 Å². The van der Waals surface area contributed by atoms with Gasteiger partial charge >= 0.3 is 12.2 Å². The largest absolute Gasteiger partial charge is 0.467 e. The van der Waals surface area contributed by atoms with Crippen molar-refractivity contribution in [1.82, 2.24) is 24.5 Å². The Morgan fingerprint density at radius 3 is 2.38 bits per heavy atom. The number of halogens is 3. The van der Waals surface area contributed by atoms with Crippen LogP contribution >= 0.6 is 0 Å². The van der Waals surface area contributed by atoms with Crippen LogP contribution in [0.5, 0.6) is 6.01 Å². The number of fused-ring (bicyclic) bond motifs is 1. The van der Waals surface area contributed by atoms with Gasteiger partial charge in [-0.25, -0.2) is 19.9 Å². The maximum Gasteiger partial charge on any atom is 0.419 e. The average Bonchev–Trinajstić information content (AvgIpc) is 2.92. The van der Waals surface area contributed by atoms with Crippen molar-refractivity contribution in [3.8, 4) is 22.8 Å². The predicted octanol–water partition coefficient (Wildman–Crippen LogP) is 5.19. The quantitative estimate of drug-likeness (QED) is 0.320. The lowest BCUT2D eigenvalue weighted by molar-refractivity contribution is -0.138. The van der Waals surface area contributed by atoms with Crippen LogP contribution in [0.15, 0.2) is 78.0 Å². The number of hydrogen-bond donors (Lipinski definition) is 1. The minimum atomic E-state index is -4.65. The van der Waals surface area contributed by atoms with E-state index in [1.54, 1.807) is 61.8 Å². The zero-order chi connectivity index (χ0) is 27.7. The fourth-order valence-electron chi connectivity index (χ4n) is 4.61. The van der Waals surface area contributed by atoms with Crippen molar-refractivity contribution < 1.29 is 17.9 Å². The standard InChI is InChI=1S/C28H23F3N6O2/c1-16(11-22-21(28(29,30)31)15-33-26(32)36-22)23-12-17-7-6-10-20(18-13-34-27(39-2)35-14-18)24(17)25(38)37(23)19-8-4-3-5-9-19/h3-10,12-16H,11H2,1-2H3,(H2,32,33,36)/t16-/m1/s1. The van der Waals surface area contributed by atoms with E-state index in [2.05, 4.69) is 19.9 Å². The van der Waals surface area contributed by atoms with Gasteiger partial charge in [0.1, 0.15) is 0 Å². The van der Waals surface area contributed by atoms with Gasteiger partial charge in [-0.15, -0.1) is 0 Å². The molecule has 3 aromatic heterocycles. The lowest BCUT2D eigenvalue weighted by atomic mass is 9.94. The van der Waals surface area contributed by atoms with Crippen LogP contribution in [0.4, 0.5) is 19.1 Å². The molecule has 198 valence electrons. The molecule has 11 heteroatoms. The molecule has 0 aliphatic heterocycles. The number of nitrogens with two attached hydrogens (primary N) is 1. The Morgan fingerprint density at radius 1 is 1.00 bits per heavy atom. The highest BCUT2D eigenvalue weighted by molar-refractivity contribution is 5.96. The first-order valence-corrected chi connectivity index (χ1v) is 12.0. The zero-order valence-electron chi connectivity index (χ0n) is 21.0. The van der Waals surface area contributed by atoms with Crippen molar-refractivity contribution in [2.24, 2.45) is 0 Å². The number of para-hydroxylation sites is 1. The summed E-state index contributed by atoms with van der Waals surface area (Å²) in [5.74, 6) is -0.804. The Bertz CT molecular complexity index is 1700. The van der Waals surface area contributed by atoms with E-state index in [4.69, 9.17) is 10.5 Å². The maximum atomic E-state index is 14.2. The monoisotopic (exact) mass is 532 g/mol. The Labute approximate surface area is 221 Å². The second kappa shape index (κ2) is 10.2. The summed E-state index contributed by atoms with van der Waals surface area (Å²) in [6.07, 6.45) is -0.937. The highest BCUT2D eigenvalue weighted by atomic mass is 19.4.